The maximum atomic E-state index is 13.9. The summed E-state index contributed by atoms with van der Waals surface area (Å²) in [6.45, 7) is 0.384. The van der Waals surface area contributed by atoms with Crippen molar-refractivity contribution in [3.05, 3.63) is 84.1 Å². The number of aromatic nitrogens is 3. The van der Waals surface area contributed by atoms with Gasteiger partial charge in [-0.05, 0) is 55.1 Å². The molecule has 3 amide bonds. The van der Waals surface area contributed by atoms with Gasteiger partial charge in [-0.25, -0.2) is 9.78 Å². The fourth-order valence-corrected chi connectivity index (χ4v) is 5.11. The van der Waals surface area contributed by atoms with E-state index in [-0.39, 0.29) is 31.4 Å². The van der Waals surface area contributed by atoms with Crippen LogP contribution in [0.4, 0.5) is 0 Å². The second-order valence-corrected chi connectivity index (χ2v) is 11.1. The highest BCUT2D eigenvalue weighted by Crippen LogP contribution is 2.20. The molecule has 244 valence electrons. The van der Waals surface area contributed by atoms with Gasteiger partial charge in [0.15, 0.2) is 0 Å². The molecule has 2 aromatic heterocycles. The number of hydrogen-bond donors (Lipinski definition) is 9. The van der Waals surface area contributed by atoms with Gasteiger partial charge in [0.1, 0.15) is 23.9 Å². The Labute approximate surface area is 265 Å². The molecule has 46 heavy (non-hydrogen) atoms. The van der Waals surface area contributed by atoms with E-state index in [4.69, 9.17) is 11.5 Å². The third-order valence-corrected chi connectivity index (χ3v) is 7.63. The van der Waals surface area contributed by atoms with Crippen LogP contribution in [0, 0.1) is 0 Å². The van der Waals surface area contributed by atoms with Crippen LogP contribution in [0.2, 0.25) is 0 Å². The summed E-state index contributed by atoms with van der Waals surface area (Å²) in [7, 11) is 0. The number of hydrogen-bond acceptors (Lipinski definition) is 8. The van der Waals surface area contributed by atoms with E-state index in [1.54, 1.807) is 24.5 Å². The van der Waals surface area contributed by atoms with Gasteiger partial charge in [0.2, 0.25) is 17.7 Å². The van der Waals surface area contributed by atoms with Crippen molar-refractivity contribution in [1.29, 1.82) is 0 Å². The highest BCUT2D eigenvalue weighted by Gasteiger charge is 2.31. The van der Waals surface area contributed by atoms with Crippen LogP contribution >= 0.6 is 0 Å². The molecule has 0 saturated carbocycles. The van der Waals surface area contributed by atoms with Crippen molar-refractivity contribution in [3.63, 3.8) is 0 Å². The molecule has 11 N–H and O–H groups in total. The lowest BCUT2D eigenvalue weighted by atomic mass is 10.0. The van der Waals surface area contributed by atoms with Crippen molar-refractivity contribution >= 4 is 34.6 Å². The van der Waals surface area contributed by atoms with Crippen molar-refractivity contribution in [2.45, 2.75) is 62.7 Å². The monoisotopic (exact) mass is 632 g/mol. The number of carboxylic acids is 1. The third-order valence-electron chi connectivity index (χ3n) is 7.63. The van der Waals surface area contributed by atoms with Crippen molar-refractivity contribution in [3.8, 4) is 5.75 Å². The first-order valence-electron chi connectivity index (χ1n) is 15.0. The molecule has 0 saturated heterocycles. The van der Waals surface area contributed by atoms with E-state index < -0.39 is 47.9 Å². The Hall–Kier alpha value is -5.21. The Morgan fingerprint density at radius 3 is 2.17 bits per heavy atom. The predicted molar refractivity (Wildman–Crippen MR) is 170 cm³/mol. The highest BCUT2D eigenvalue weighted by atomic mass is 16.4. The molecule has 0 bridgehead atoms. The van der Waals surface area contributed by atoms with Gasteiger partial charge in [-0.1, -0.05) is 30.3 Å². The first-order chi connectivity index (χ1) is 22.1. The lowest BCUT2D eigenvalue weighted by molar-refractivity contribution is -0.142. The summed E-state index contributed by atoms with van der Waals surface area (Å²) in [4.78, 5) is 62.6. The molecular formula is C32H40N8O6. The second kappa shape index (κ2) is 16.2. The lowest BCUT2D eigenvalue weighted by Gasteiger charge is -2.25. The third kappa shape index (κ3) is 9.39. The molecule has 0 aliphatic rings. The van der Waals surface area contributed by atoms with Gasteiger partial charge >= 0.3 is 5.97 Å². The molecule has 4 atom stereocenters. The number of nitrogens with two attached hydrogens (primary N) is 2. The number of nitrogens with zero attached hydrogens (tertiary/aromatic N) is 1. The summed E-state index contributed by atoms with van der Waals surface area (Å²) in [6.07, 6.45) is 6.22. The lowest BCUT2D eigenvalue weighted by Crippen LogP contribution is -2.58. The van der Waals surface area contributed by atoms with Gasteiger partial charge in [-0.2, -0.15) is 0 Å². The minimum atomic E-state index is -1.21. The van der Waals surface area contributed by atoms with Crippen molar-refractivity contribution in [2.75, 3.05) is 6.54 Å². The smallest absolute Gasteiger partial charge is 0.326 e. The van der Waals surface area contributed by atoms with Crippen LogP contribution in [0.3, 0.4) is 0 Å². The first kappa shape index (κ1) is 33.7. The largest absolute Gasteiger partial charge is 0.508 e. The molecule has 14 nitrogen and oxygen atoms in total. The van der Waals surface area contributed by atoms with Gasteiger partial charge in [0.25, 0.3) is 0 Å². The minimum Gasteiger partial charge on any atom is -0.508 e. The first-order valence-corrected chi connectivity index (χ1v) is 15.0. The van der Waals surface area contributed by atoms with Crippen LogP contribution in [0.15, 0.2) is 67.3 Å². The number of imidazole rings is 1. The Kier molecular flexibility index (Phi) is 11.9. The summed E-state index contributed by atoms with van der Waals surface area (Å²) >= 11 is 0. The number of amides is 3. The number of phenols is 1. The van der Waals surface area contributed by atoms with Gasteiger partial charge in [0, 0.05) is 48.3 Å². The Bertz CT molecular complexity index is 1600. The molecule has 0 fully saturated rings. The SMILES string of the molecule is NCCCCC(NC(=O)C(Cc1ccc(O)cc1)NC(=O)C(Cc1c[nH]c2ccccc12)NC(=O)C(N)Cc1cnc[nH]1)C(=O)O. The Balaban J connectivity index is 1.58. The van der Waals surface area contributed by atoms with E-state index in [2.05, 4.69) is 30.9 Å². The molecule has 2 heterocycles. The fourth-order valence-electron chi connectivity index (χ4n) is 5.11. The number of H-pyrrole nitrogens is 2. The molecule has 0 aliphatic heterocycles. The summed E-state index contributed by atoms with van der Waals surface area (Å²) in [5, 5.41) is 28.3. The Morgan fingerprint density at radius 1 is 0.826 bits per heavy atom. The summed E-state index contributed by atoms with van der Waals surface area (Å²) in [6, 6.07) is 9.03. The number of carbonyl (C=O) groups is 4. The molecular weight excluding hydrogens is 592 g/mol. The van der Waals surface area contributed by atoms with Crippen LogP contribution in [0.25, 0.3) is 10.9 Å². The molecule has 2 aromatic carbocycles. The summed E-state index contributed by atoms with van der Waals surface area (Å²) < 4.78 is 0. The maximum Gasteiger partial charge on any atom is 0.326 e. The number of fused-ring (bicyclic) bond motifs is 1. The van der Waals surface area contributed by atoms with Gasteiger partial charge < -0.3 is 47.6 Å². The van der Waals surface area contributed by atoms with E-state index in [9.17, 15) is 29.4 Å². The highest BCUT2D eigenvalue weighted by molar-refractivity contribution is 5.95. The summed E-state index contributed by atoms with van der Waals surface area (Å²) in [5.74, 6) is -3.15. The Morgan fingerprint density at radius 2 is 1.50 bits per heavy atom. The molecule has 4 rings (SSSR count). The molecule has 14 heteroatoms. The zero-order chi connectivity index (χ0) is 33.1. The minimum absolute atomic E-state index is 0.0138. The molecule has 0 radical (unpaired) electrons. The van der Waals surface area contributed by atoms with Crippen LogP contribution in [-0.2, 0) is 38.4 Å². The normalized spacial score (nSPS) is 13.8. The number of aliphatic carboxylic acids is 1. The van der Waals surface area contributed by atoms with Crippen LogP contribution in [0.5, 0.6) is 5.75 Å². The van der Waals surface area contributed by atoms with Gasteiger partial charge in [-0.15, -0.1) is 0 Å². The number of aromatic amines is 2. The van der Waals surface area contributed by atoms with E-state index >= 15 is 0 Å². The standard InChI is InChI=1S/C32H40N8O6/c33-12-4-3-7-26(32(45)46)38-30(43)27(13-19-8-10-22(41)11-9-19)40-31(44)28(14-20-16-36-25-6-2-1-5-23(20)25)39-29(42)24(34)15-21-17-35-18-37-21/h1-2,5-6,8-11,16-18,24,26-28,36,41H,3-4,7,12-15,33-34H2,(H,35,37)(H,38,43)(H,39,42)(H,40,44)(H,45,46). The predicted octanol–water partition coefficient (Wildman–Crippen LogP) is 0.620. The quantitative estimate of drug-likeness (QED) is 0.0740. The zero-order valence-corrected chi connectivity index (χ0v) is 25.2. The second-order valence-electron chi connectivity index (χ2n) is 11.1. The zero-order valence-electron chi connectivity index (χ0n) is 25.2. The number of carbonyl (C=O) groups excluding carboxylic acids is 3. The van der Waals surface area contributed by atoms with E-state index in [1.165, 1.54) is 18.5 Å². The number of benzene rings is 2. The molecule has 4 aromatic rings. The average Bonchev–Trinajstić information content (AvgIpc) is 3.70. The van der Waals surface area contributed by atoms with Crippen LogP contribution < -0.4 is 27.4 Å². The number of carboxylic acid groups (broad SMARTS) is 1. The fraction of sp³-hybridized carbons (Fsp3) is 0.344. The summed E-state index contributed by atoms with van der Waals surface area (Å²) in [5.41, 5.74) is 14.6. The number of unbranched alkanes of at least 4 members (excludes halogenated alkanes) is 1. The van der Waals surface area contributed by atoms with E-state index in [0.717, 1.165) is 16.5 Å². The van der Waals surface area contributed by atoms with Crippen LogP contribution in [-0.4, -0.2) is 79.6 Å². The molecule has 0 aliphatic carbocycles. The van der Waals surface area contributed by atoms with Gasteiger partial charge in [-0.3, -0.25) is 14.4 Å². The van der Waals surface area contributed by atoms with E-state index in [1.807, 2.05) is 24.3 Å². The van der Waals surface area contributed by atoms with Gasteiger partial charge in [0.05, 0.1) is 12.4 Å². The maximum absolute atomic E-state index is 13.9. The number of nitrogens with one attached hydrogen (secondary N) is 5. The molecule has 4 unspecified atom stereocenters. The number of rotatable bonds is 17. The van der Waals surface area contributed by atoms with E-state index in [0.29, 0.717) is 30.6 Å². The van der Waals surface area contributed by atoms with Crippen LogP contribution in [0.1, 0.15) is 36.1 Å². The number of aromatic hydroxyl groups is 1. The van der Waals surface area contributed by atoms with Crippen molar-refractivity contribution in [1.82, 2.24) is 30.9 Å². The molecule has 0 spiro atoms. The average molecular weight is 633 g/mol. The van der Waals surface area contributed by atoms with Crippen molar-refractivity contribution < 1.29 is 29.4 Å². The number of phenolic OH excluding ortho intramolecular Hbond substituents is 1. The van der Waals surface area contributed by atoms with Crippen molar-refractivity contribution in [2.24, 2.45) is 11.5 Å². The topological polar surface area (TPSA) is 241 Å². The number of para-hydroxylation sites is 1.